The lowest BCUT2D eigenvalue weighted by Gasteiger charge is -2.29. The molecule has 15 rings (SSSR count). The van der Waals surface area contributed by atoms with Crippen LogP contribution >= 0.6 is 11.3 Å². The fourth-order valence-corrected chi connectivity index (χ4v) is 12.7. The summed E-state index contributed by atoms with van der Waals surface area (Å²) < 4.78 is 9.31. The fraction of sp³-hybridized carbons (Fsp3) is 0.0145. The molecule has 2 heterocycles. The summed E-state index contributed by atoms with van der Waals surface area (Å²) in [7, 11) is 2.20. The minimum atomic E-state index is 0.905. The quantitative estimate of drug-likeness (QED) is 0.148. The zero-order valence-electron chi connectivity index (χ0n) is 39.9. The van der Waals surface area contributed by atoms with E-state index >= 15 is 0 Å². The number of rotatable bonds is 7. The molecule has 0 saturated carbocycles. The molecule has 13 aromatic carbocycles. The average Bonchev–Trinajstić information content (AvgIpc) is 4.03. The van der Waals surface area contributed by atoms with Crippen molar-refractivity contribution in [2.45, 2.75) is 0 Å². The zero-order valence-corrected chi connectivity index (χ0v) is 40.7. The second-order valence-corrected chi connectivity index (χ2v) is 20.4. The van der Waals surface area contributed by atoms with Gasteiger partial charge in [-0.3, -0.25) is 0 Å². The molecule has 0 unspecified atom stereocenters. The van der Waals surface area contributed by atoms with E-state index < -0.39 is 0 Å². The van der Waals surface area contributed by atoms with Crippen LogP contribution in [-0.4, -0.2) is 7.05 Å². The van der Waals surface area contributed by atoms with Crippen LogP contribution in [0.15, 0.2) is 253 Å². The van der Waals surface area contributed by atoms with E-state index in [2.05, 4.69) is 266 Å². The normalized spacial score (nSPS) is 11.9. The van der Waals surface area contributed by atoms with Gasteiger partial charge in [-0.15, -0.1) is 11.3 Å². The molecule has 0 spiro atoms. The molecule has 4 heteroatoms. The monoisotopic (exact) mass is 948 g/mol. The average molecular weight is 949 g/mol. The van der Waals surface area contributed by atoms with Gasteiger partial charge >= 0.3 is 0 Å². The molecule has 3 nitrogen and oxygen atoms in total. The van der Waals surface area contributed by atoms with Crippen molar-refractivity contribution < 1.29 is 4.42 Å². The highest BCUT2D eigenvalue weighted by molar-refractivity contribution is 7.25. The van der Waals surface area contributed by atoms with Crippen molar-refractivity contribution in [1.82, 2.24) is 0 Å². The molecule has 0 fully saturated rings. The lowest BCUT2D eigenvalue weighted by Crippen LogP contribution is -2.14. The highest BCUT2D eigenvalue weighted by Crippen LogP contribution is 2.46. The van der Waals surface area contributed by atoms with Crippen molar-refractivity contribution in [3.8, 4) is 22.3 Å². The molecule has 342 valence electrons. The predicted octanol–water partition coefficient (Wildman–Crippen LogP) is 20.3. The van der Waals surface area contributed by atoms with E-state index in [0.717, 1.165) is 61.5 Å². The Hall–Kier alpha value is -9.22. The van der Waals surface area contributed by atoms with Crippen LogP contribution in [0.1, 0.15) is 0 Å². The predicted molar refractivity (Wildman–Crippen MR) is 314 cm³/mol. The molecule has 0 radical (unpaired) electrons. The van der Waals surface area contributed by atoms with E-state index in [1.807, 2.05) is 11.3 Å². The summed E-state index contributed by atoms with van der Waals surface area (Å²) in [6, 6.07) is 91.2. The number of fused-ring (bicyclic) bond motifs is 14. The zero-order chi connectivity index (χ0) is 48.1. The first kappa shape index (κ1) is 41.6. The Labute approximate surface area is 425 Å². The summed E-state index contributed by atoms with van der Waals surface area (Å²) in [5.41, 5.74) is 12.0. The third-order valence-corrected chi connectivity index (χ3v) is 16.3. The second-order valence-electron chi connectivity index (χ2n) is 19.3. The molecule has 0 amide bonds. The number of nitrogens with zero attached hydrogens (tertiary/aromatic N) is 2. The first-order valence-corrected chi connectivity index (χ1v) is 25.8. The van der Waals surface area contributed by atoms with Crippen LogP contribution in [0.25, 0.3) is 118 Å². The summed E-state index contributed by atoms with van der Waals surface area (Å²) in [4.78, 5) is 4.77. The van der Waals surface area contributed by atoms with E-state index in [9.17, 15) is 0 Å². The summed E-state index contributed by atoms with van der Waals surface area (Å²) >= 11 is 1.86. The molecule has 0 aliphatic heterocycles. The van der Waals surface area contributed by atoms with Crippen LogP contribution in [0, 0.1) is 0 Å². The summed E-state index contributed by atoms with van der Waals surface area (Å²) in [6.45, 7) is 0. The van der Waals surface area contributed by atoms with Gasteiger partial charge in [-0.2, -0.15) is 0 Å². The first-order valence-electron chi connectivity index (χ1n) is 24.9. The van der Waals surface area contributed by atoms with Crippen molar-refractivity contribution in [3.05, 3.63) is 249 Å². The van der Waals surface area contributed by atoms with Gasteiger partial charge < -0.3 is 14.2 Å². The Balaban J connectivity index is 0.875. The molecule has 0 saturated heterocycles. The Morgan fingerprint density at radius 1 is 0.315 bits per heavy atom. The van der Waals surface area contributed by atoms with Gasteiger partial charge in [-0.1, -0.05) is 176 Å². The van der Waals surface area contributed by atoms with Crippen LogP contribution in [0.5, 0.6) is 0 Å². The highest BCUT2D eigenvalue weighted by Gasteiger charge is 2.21. The number of benzene rings is 13. The molecule has 15 aromatic rings. The smallest absolute Gasteiger partial charge is 0.143 e. The molecular formula is C69H44N2OS. The third kappa shape index (κ3) is 6.79. The van der Waals surface area contributed by atoms with E-state index in [1.54, 1.807) is 0 Å². The van der Waals surface area contributed by atoms with Crippen LogP contribution in [0.4, 0.5) is 28.4 Å². The maximum absolute atomic E-state index is 6.80. The standard InChI is InChI=1S/C69H44N2OS/c1-70(64-24-12-18-45-15-6-7-19-56(45)64)54-37-51(38-55(42-54)71(52-30-25-43-13-2-4-16-46(43)35-52)53-31-26-44-14-3-5-17-47(44)36-53)50-28-33-60-59-32-27-49(40-66(59)73-67(60)41-50)48-29-34-63-65(39-48)72-69-62-23-11-9-21-58(62)57-20-8-10-22-61(57)68(63)69/h2-42H,1H3. The number of thiophene rings is 1. The number of hydrogen-bond acceptors (Lipinski definition) is 4. The van der Waals surface area contributed by atoms with Crippen molar-refractivity contribution in [2.75, 3.05) is 16.8 Å². The Bertz CT molecular complexity index is 4650. The van der Waals surface area contributed by atoms with Gasteiger partial charge in [0.25, 0.3) is 0 Å². The van der Waals surface area contributed by atoms with Crippen LogP contribution in [0.2, 0.25) is 0 Å². The summed E-state index contributed by atoms with van der Waals surface area (Å²) in [6.07, 6.45) is 0. The maximum Gasteiger partial charge on any atom is 0.143 e. The van der Waals surface area contributed by atoms with Crippen molar-refractivity contribution >= 4 is 136 Å². The molecule has 0 aliphatic rings. The van der Waals surface area contributed by atoms with Gasteiger partial charge in [0.05, 0.1) is 0 Å². The van der Waals surface area contributed by atoms with Crippen molar-refractivity contribution in [1.29, 1.82) is 0 Å². The first-order chi connectivity index (χ1) is 36.1. The van der Waals surface area contributed by atoms with E-state index in [4.69, 9.17) is 4.42 Å². The van der Waals surface area contributed by atoms with Crippen molar-refractivity contribution in [3.63, 3.8) is 0 Å². The van der Waals surface area contributed by atoms with E-state index in [0.29, 0.717) is 0 Å². The Morgan fingerprint density at radius 3 is 1.49 bits per heavy atom. The van der Waals surface area contributed by atoms with E-state index in [1.165, 1.54) is 85.2 Å². The number of anilines is 5. The highest BCUT2D eigenvalue weighted by atomic mass is 32.1. The topological polar surface area (TPSA) is 19.6 Å². The Morgan fingerprint density at radius 2 is 0.822 bits per heavy atom. The Kier molecular flexibility index (Phi) is 9.35. The number of hydrogen-bond donors (Lipinski definition) is 0. The molecule has 0 atom stereocenters. The van der Waals surface area contributed by atoms with E-state index in [-0.39, 0.29) is 0 Å². The van der Waals surface area contributed by atoms with Gasteiger partial charge in [-0.25, -0.2) is 0 Å². The third-order valence-electron chi connectivity index (χ3n) is 15.1. The van der Waals surface area contributed by atoms with Gasteiger partial charge in [0.15, 0.2) is 0 Å². The minimum Gasteiger partial charge on any atom is -0.455 e. The fourth-order valence-electron chi connectivity index (χ4n) is 11.5. The van der Waals surface area contributed by atoms with Crippen molar-refractivity contribution in [2.24, 2.45) is 0 Å². The lowest BCUT2D eigenvalue weighted by molar-refractivity contribution is 0.673. The van der Waals surface area contributed by atoms with Crippen LogP contribution in [0.3, 0.4) is 0 Å². The number of furan rings is 1. The van der Waals surface area contributed by atoms with Gasteiger partial charge in [0.1, 0.15) is 11.2 Å². The summed E-state index contributed by atoms with van der Waals surface area (Å²) in [5, 5.41) is 17.0. The molecule has 0 aliphatic carbocycles. The summed E-state index contributed by atoms with van der Waals surface area (Å²) in [5.74, 6) is 0. The largest absolute Gasteiger partial charge is 0.455 e. The maximum atomic E-state index is 6.80. The lowest BCUT2D eigenvalue weighted by atomic mass is 9.96. The van der Waals surface area contributed by atoms with Crippen LogP contribution < -0.4 is 9.80 Å². The van der Waals surface area contributed by atoms with Crippen LogP contribution in [-0.2, 0) is 0 Å². The van der Waals surface area contributed by atoms with Gasteiger partial charge in [-0.05, 0) is 138 Å². The molecule has 2 aromatic heterocycles. The SMILES string of the molecule is CN(c1cc(-c2ccc3c(c2)sc2cc(-c4ccc5c(c4)oc4c6ccccc6c6ccccc6c54)ccc23)cc(N(c2ccc3ccccc3c2)c2ccc3ccccc3c2)c1)c1cccc2ccccc12. The second kappa shape index (κ2) is 16.4. The molecule has 73 heavy (non-hydrogen) atoms. The molecular weight excluding hydrogens is 905 g/mol. The molecule has 0 N–H and O–H groups in total. The minimum absolute atomic E-state index is 0.905. The molecule has 0 bridgehead atoms. The van der Waals surface area contributed by atoms with Gasteiger partial charge in [0, 0.05) is 77.2 Å². The van der Waals surface area contributed by atoms with Gasteiger partial charge in [0.2, 0.25) is 0 Å².